The van der Waals surface area contributed by atoms with Crippen molar-refractivity contribution in [1.29, 1.82) is 0 Å². The van der Waals surface area contributed by atoms with E-state index in [0.29, 0.717) is 0 Å². The molecule has 3 heteroatoms. The summed E-state index contributed by atoms with van der Waals surface area (Å²) in [4.78, 5) is 13.7. The largest absolute Gasteiger partial charge is 0.338 e. The molecule has 0 radical (unpaired) electrons. The molecule has 1 N–H and O–H groups in total. The third kappa shape index (κ3) is 3.13. The normalized spacial score (nSPS) is 30.4. The average Bonchev–Trinajstić information content (AvgIpc) is 2.81. The first-order chi connectivity index (χ1) is 7.75. The Balaban J connectivity index is 1.65. The summed E-state index contributed by atoms with van der Waals surface area (Å²) < 4.78 is 0. The molecule has 1 aliphatic heterocycles. The third-order valence-electron chi connectivity index (χ3n) is 4.07. The number of urea groups is 1. The van der Waals surface area contributed by atoms with E-state index in [0.717, 1.165) is 31.5 Å². The van der Waals surface area contributed by atoms with Crippen LogP contribution in [0.2, 0.25) is 0 Å². The Morgan fingerprint density at radius 2 is 1.81 bits per heavy atom. The van der Waals surface area contributed by atoms with Crippen molar-refractivity contribution in [1.82, 2.24) is 10.2 Å². The minimum absolute atomic E-state index is 0.163. The van der Waals surface area contributed by atoms with E-state index in [1.807, 2.05) is 4.90 Å². The second-order valence-electron chi connectivity index (χ2n) is 5.51. The van der Waals surface area contributed by atoms with Crippen LogP contribution in [-0.2, 0) is 0 Å². The molecule has 3 nitrogen and oxygen atoms in total. The molecule has 1 saturated heterocycles. The summed E-state index contributed by atoms with van der Waals surface area (Å²) in [5.74, 6) is 1.62. The van der Waals surface area contributed by atoms with Crippen LogP contribution in [0, 0.1) is 11.8 Å². The molecule has 2 aliphatic rings. The fourth-order valence-corrected chi connectivity index (χ4v) is 2.80. The Labute approximate surface area is 98.6 Å². The van der Waals surface area contributed by atoms with Crippen molar-refractivity contribution < 1.29 is 4.79 Å². The summed E-state index contributed by atoms with van der Waals surface area (Å²) in [6.07, 6.45) is 7.61. The van der Waals surface area contributed by atoms with Gasteiger partial charge < -0.3 is 10.2 Å². The molecule has 1 saturated carbocycles. The van der Waals surface area contributed by atoms with E-state index in [2.05, 4.69) is 12.2 Å². The SMILES string of the molecule is CC1CCC(CNC(=O)N2CCCC2)CC1. The van der Waals surface area contributed by atoms with Crippen LogP contribution in [0.5, 0.6) is 0 Å². The van der Waals surface area contributed by atoms with E-state index in [9.17, 15) is 4.79 Å². The molecule has 1 aliphatic carbocycles. The lowest BCUT2D eigenvalue weighted by Gasteiger charge is -2.27. The molecule has 92 valence electrons. The maximum atomic E-state index is 11.8. The Bertz CT molecular complexity index is 228. The van der Waals surface area contributed by atoms with Crippen LogP contribution in [0.3, 0.4) is 0 Å². The van der Waals surface area contributed by atoms with Crippen LogP contribution in [0.1, 0.15) is 45.4 Å². The fraction of sp³-hybridized carbons (Fsp3) is 0.923. The number of nitrogens with one attached hydrogen (secondary N) is 1. The van der Waals surface area contributed by atoms with Gasteiger partial charge in [-0.1, -0.05) is 19.8 Å². The number of amides is 2. The van der Waals surface area contributed by atoms with Crippen LogP contribution in [0.25, 0.3) is 0 Å². The van der Waals surface area contributed by atoms with E-state index in [-0.39, 0.29) is 6.03 Å². The first-order valence-electron chi connectivity index (χ1n) is 6.78. The van der Waals surface area contributed by atoms with Crippen molar-refractivity contribution in [3.63, 3.8) is 0 Å². The number of hydrogen-bond acceptors (Lipinski definition) is 1. The van der Waals surface area contributed by atoms with Gasteiger partial charge in [0.05, 0.1) is 0 Å². The molecule has 0 spiro atoms. The molecule has 0 aromatic carbocycles. The summed E-state index contributed by atoms with van der Waals surface area (Å²) in [6.45, 7) is 5.13. The quantitative estimate of drug-likeness (QED) is 0.768. The van der Waals surface area contributed by atoms with Gasteiger partial charge in [0.1, 0.15) is 0 Å². The number of rotatable bonds is 2. The number of carbonyl (C=O) groups is 1. The van der Waals surface area contributed by atoms with Gasteiger partial charge in [0, 0.05) is 19.6 Å². The topological polar surface area (TPSA) is 32.3 Å². The summed E-state index contributed by atoms with van der Waals surface area (Å²) in [7, 11) is 0. The third-order valence-corrected chi connectivity index (χ3v) is 4.07. The summed E-state index contributed by atoms with van der Waals surface area (Å²) in [6, 6.07) is 0.163. The molecule has 0 unspecified atom stereocenters. The molecule has 16 heavy (non-hydrogen) atoms. The first kappa shape index (κ1) is 11.7. The van der Waals surface area contributed by atoms with Crippen molar-refractivity contribution in [2.24, 2.45) is 11.8 Å². The van der Waals surface area contributed by atoms with Gasteiger partial charge in [-0.05, 0) is 37.5 Å². The van der Waals surface area contributed by atoms with Crippen LogP contribution >= 0.6 is 0 Å². The second kappa shape index (κ2) is 5.55. The molecular weight excluding hydrogens is 200 g/mol. The Morgan fingerprint density at radius 3 is 2.44 bits per heavy atom. The standard InChI is InChI=1S/C13H24N2O/c1-11-4-6-12(7-5-11)10-14-13(16)15-8-2-3-9-15/h11-12H,2-10H2,1H3,(H,14,16). The van der Waals surface area contributed by atoms with E-state index < -0.39 is 0 Å². The number of hydrogen-bond donors (Lipinski definition) is 1. The van der Waals surface area contributed by atoms with Crippen LogP contribution in [0.15, 0.2) is 0 Å². The van der Waals surface area contributed by atoms with E-state index in [4.69, 9.17) is 0 Å². The van der Waals surface area contributed by atoms with E-state index in [1.54, 1.807) is 0 Å². The molecule has 2 rings (SSSR count). The number of nitrogens with zero attached hydrogens (tertiary/aromatic N) is 1. The highest BCUT2D eigenvalue weighted by atomic mass is 16.2. The van der Waals surface area contributed by atoms with Gasteiger partial charge in [0.15, 0.2) is 0 Å². The summed E-state index contributed by atoms with van der Waals surface area (Å²) in [5.41, 5.74) is 0. The van der Waals surface area contributed by atoms with Crippen LogP contribution in [-0.4, -0.2) is 30.6 Å². The molecular formula is C13H24N2O. The molecule has 0 aromatic heterocycles. The van der Waals surface area contributed by atoms with Crippen molar-refractivity contribution in [3.05, 3.63) is 0 Å². The van der Waals surface area contributed by atoms with Gasteiger partial charge in [-0.25, -0.2) is 4.79 Å². The maximum absolute atomic E-state index is 11.8. The highest BCUT2D eigenvalue weighted by Crippen LogP contribution is 2.27. The predicted octanol–water partition coefficient (Wildman–Crippen LogP) is 2.62. The summed E-state index contributed by atoms with van der Waals surface area (Å²) >= 11 is 0. The highest BCUT2D eigenvalue weighted by molar-refractivity contribution is 5.74. The van der Waals surface area contributed by atoms with Gasteiger partial charge in [0.25, 0.3) is 0 Å². The Hall–Kier alpha value is -0.730. The van der Waals surface area contributed by atoms with Gasteiger partial charge in [-0.3, -0.25) is 0 Å². The molecule has 0 atom stereocenters. The lowest BCUT2D eigenvalue weighted by atomic mass is 9.83. The van der Waals surface area contributed by atoms with Gasteiger partial charge in [0.2, 0.25) is 0 Å². The molecule has 2 fully saturated rings. The zero-order valence-corrected chi connectivity index (χ0v) is 10.4. The lowest BCUT2D eigenvalue weighted by molar-refractivity contribution is 0.202. The van der Waals surface area contributed by atoms with Gasteiger partial charge in [-0.15, -0.1) is 0 Å². The van der Waals surface area contributed by atoms with Gasteiger partial charge in [-0.2, -0.15) is 0 Å². The van der Waals surface area contributed by atoms with Crippen molar-refractivity contribution in [3.8, 4) is 0 Å². The zero-order chi connectivity index (χ0) is 11.4. The van der Waals surface area contributed by atoms with Crippen molar-refractivity contribution in [2.45, 2.75) is 45.4 Å². The predicted molar refractivity (Wildman–Crippen MR) is 65.3 cm³/mol. The minimum atomic E-state index is 0.163. The Kier molecular flexibility index (Phi) is 4.08. The maximum Gasteiger partial charge on any atom is 0.317 e. The molecule has 1 heterocycles. The van der Waals surface area contributed by atoms with E-state index in [1.165, 1.54) is 38.5 Å². The Morgan fingerprint density at radius 1 is 1.19 bits per heavy atom. The smallest absolute Gasteiger partial charge is 0.317 e. The van der Waals surface area contributed by atoms with Crippen molar-refractivity contribution >= 4 is 6.03 Å². The lowest BCUT2D eigenvalue weighted by Crippen LogP contribution is -2.40. The summed E-state index contributed by atoms with van der Waals surface area (Å²) in [5, 5.41) is 3.10. The first-order valence-corrected chi connectivity index (χ1v) is 6.78. The fourth-order valence-electron chi connectivity index (χ4n) is 2.80. The number of carbonyl (C=O) groups excluding carboxylic acids is 1. The molecule has 0 bridgehead atoms. The number of likely N-dealkylation sites (tertiary alicyclic amines) is 1. The highest BCUT2D eigenvalue weighted by Gasteiger charge is 2.21. The van der Waals surface area contributed by atoms with Crippen LogP contribution < -0.4 is 5.32 Å². The van der Waals surface area contributed by atoms with Gasteiger partial charge >= 0.3 is 6.03 Å². The van der Waals surface area contributed by atoms with Crippen molar-refractivity contribution in [2.75, 3.05) is 19.6 Å². The molecule has 2 amide bonds. The zero-order valence-electron chi connectivity index (χ0n) is 10.4. The average molecular weight is 224 g/mol. The van der Waals surface area contributed by atoms with E-state index >= 15 is 0 Å². The minimum Gasteiger partial charge on any atom is -0.338 e. The van der Waals surface area contributed by atoms with Crippen LogP contribution in [0.4, 0.5) is 4.79 Å². The second-order valence-corrected chi connectivity index (χ2v) is 5.51. The monoisotopic (exact) mass is 224 g/mol. The molecule has 0 aromatic rings.